The number of anilines is 1. The van der Waals surface area contributed by atoms with Crippen molar-refractivity contribution in [2.24, 2.45) is 11.8 Å². The van der Waals surface area contributed by atoms with Gasteiger partial charge in [0.1, 0.15) is 11.6 Å². The van der Waals surface area contributed by atoms with Gasteiger partial charge in [0.2, 0.25) is 0 Å². The standard InChI is InChI=1S/C15H26BrN3S/c1-6-17-15-14(16)12(7-10(2)3)18-13(19-15)9-20-8-11(4)5/h10-11H,6-9H2,1-5H3,(H,17,18,19). The molecule has 1 aromatic heterocycles. The Bertz CT molecular complexity index is 422. The number of halogens is 1. The molecule has 0 radical (unpaired) electrons. The van der Waals surface area contributed by atoms with Crippen LogP contribution in [0.4, 0.5) is 5.82 Å². The lowest BCUT2D eigenvalue weighted by Gasteiger charge is -2.13. The zero-order valence-electron chi connectivity index (χ0n) is 13.2. The van der Waals surface area contributed by atoms with Crippen LogP contribution in [0.25, 0.3) is 0 Å². The molecule has 0 aromatic carbocycles. The van der Waals surface area contributed by atoms with Gasteiger partial charge in [0.25, 0.3) is 0 Å². The summed E-state index contributed by atoms with van der Waals surface area (Å²) in [5.41, 5.74) is 1.12. The van der Waals surface area contributed by atoms with E-state index in [4.69, 9.17) is 4.98 Å². The van der Waals surface area contributed by atoms with Gasteiger partial charge in [0, 0.05) is 6.54 Å². The predicted molar refractivity (Wildman–Crippen MR) is 93.4 cm³/mol. The van der Waals surface area contributed by atoms with Gasteiger partial charge in [0.05, 0.1) is 15.9 Å². The quantitative estimate of drug-likeness (QED) is 0.725. The normalized spacial score (nSPS) is 11.4. The summed E-state index contributed by atoms with van der Waals surface area (Å²) < 4.78 is 1.02. The molecule has 0 fully saturated rings. The fourth-order valence-corrected chi connectivity index (χ4v) is 3.18. The van der Waals surface area contributed by atoms with Crippen LogP contribution in [-0.4, -0.2) is 22.3 Å². The third kappa shape index (κ3) is 6.00. The number of thioether (sulfide) groups is 1. The third-order valence-corrected chi connectivity index (χ3v) is 4.79. The SMILES string of the molecule is CCNc1nc(CSCC(C)C)nc(CC(C)C)c1Br. The highest BCUT2D eigenvalue weighted by Crippen LogP contribution is 2.27. The van der Waals surface area contributed by atoms with E-state index in [9.17, 15) is 0 Å². The van der Waals surface area contributed by atoms with E-state index >= 15 is 0 Å². The number of rotatable bonds is 8. The van der Waals surface area contributed by atoms with Crippen molar-refractivity contribution in [3.63, 3.8) is 0 Å². The second kappa shape index (κ2) is 8.88. The molecule has 3 nitrogen and oxygen atoms in total. The molecular formula is C15H26BrN3S. The fraction of sp³-hybridized carbons (Fsp3) is 0.733. The molecule has 0 unspecified atom stereocenters. The van der Waals surface area contributed by atoms with Gasteiger partial charge in [0.15, 0.2) is 0 Å². The summed E-state index contributed by atoms with van der Waals surface area (Å²) in [5.74, 6) is 5.19. The van der Waals surface area contributed by atoms with Crippen molar-refractivity contribution < 1.29 is 0 Å². The lowest BCUT2D eigenvalue weighted by Crippen LogP contribution is -2.09. The molecule has 0 aliphatic rings. The van der Waals surface area contributed by atoms with Gasteiger partial charge in [-0.25, -0.2) is 9.97 Å². The topological polar surface area (TPSA) is 37.8 Å². The summed E-state index contributed by atoms with van der Waals surface area (Å²) in [4.78, 5) is 9.37. The van der Waals surface area contributed by atoms with E-state index in [1.165, 1.54) is 0 Å². The van der Waals surface area contributed by atoms with Crippen LogP contribution in [0.1, 0.15) is 46.1 Å². The maximum absolute atomic E-state index is 4.73. The highest BCUT2D eigenvalue weighted by atomic mass is 79.9. The van der Waals surface area contributed by atoms with Crippen LogP contribution in [0.3, 0.4) is 0 Å². The molecule has 0 spiro atoms. The Balaban J connectivity index is 2.90. The zero-order chi connectivity index (χ0) is 15.1. The average Bonchev–Trinajstić information content (AvgIpc) is 2.34. The third-order valence-electron chi connectivity index (χ3n) is 2.59. The van der Waals surface area contributed by atoms with Crippen molar-refractivity contribution in [3.05, 3.63) is 16.0 Å². The van der Waals surface area contributed by atoms with Gasteiger partial charge in [-0.1, -0.05) is 27.7 Å². The smallest absolute Gasteiger partial charge is 0.144 e. The van der Waals surface area contributed by atoms with Gasteiger partial charge in [-0.15, -0.1) is 0 Å². The maximum Gasteiger partial charge on any atom is 0.144 e. The lowest BCUT2D eigenvalue weighted by molar-refractivity contribution is 0.629. The van der Waals surface area contributed by atoms with E-state index in [2.05, 4.69) is 60.8 Å². The summed E-state index contributed by atoms with van der Waals surface area (Å²) in [6, 6.07) is 0. The number of hydrogen-bond acceptors (Lipinski definition) is 4. The van der Waals surface area contributed by atoms with Gasteiger partial charge in [-0.05, 0) is 46.9 Å². The predicted octanol–water partition coefficient (Wildman–Crippen LogP) is 4.76. The maximum atomic E-state index is 4.73. The number of nitrogens with zero attached hydrogens (tertiary/aromatic N) is 2. The molecule has 0 bridgehead atoms. The first-order valence-electron chi connectivity index (χ1n) is 7.30. The van der Waals surface area contributed by atoms with E-state index < -0.39 is 0 Å². The van der Waals surface area contributed by atoms with Crippen LogP contribution >= 0.6 is 27.7 Å². The van der Waals surface area contributed by atoms with Crippen molar-refractivity contribution in [3.8, 4) is 0 Å². The molecule has 1 rings (SSSR count). The van der Waals surface area contributed by atoms with E-state index in [1.807, 2.05) is 11.8 Å². The Kier molecular flexibility index (Phi) is 7.88. The number of aromatic nitrogens is 2. The van der Waals surface area contributed by atoms with Crippen molar-refractivity contribution in [1.82, 2.24) is 9.97 Å². The molecule has 114 valence electrons. The van der Waals surface area contributed by atoms with Crippen LogP contribution in [0.5, 0.6) is 0 Å². The second-order valence-electron chi connectivity index (χ2n) is 5.79. The monoisotopic (exact) mass is 359 g/mol. The van der Waals surface area contributed by atoms with Crippen LogP contribution in [0, 0.1) is 11.8 Å². The Morgan fingerprint density at radius 3 is 2.40 bits per heavy atom. The van der Waals surface area contributed by atoms with E-state index in [0.717, 1.165) is 46.3 Å². The highest BCUT2D eigenvalue weighted by Gasteiger charge is 2.13. The second-order valence-corrected chi connectivity index (χ2v) is 7.61. The van der Waals surface area contributed by atoms with Crippen LogP contribution in [0.2, 0.25) is 0 Å². The molecule has 1 heterocycles. The molecule has 0 aliphatic carbocycles. The van der Waals surface area contributed by atoms with E-state index in [-0.39, 0.29) is 0 Å². The molecule has 0 atom stereocenters. The van der Waals surface area contributed by atoms with Gasteiger partial charge in [-0.2, -0.15) is 11.8 Å². The number of nitrogens with one attached hydrogen (secondary N) is 1. The molecule has 1 aromatic rings. The van der Waals surface area contributed by atoms with Crippen molar-refractivity contribution >= 4 is 33.5 Å². The molecular weight excluding hydrogens is 334 g/mol. The summed E-state index contributed by atoms with van der Waals surface area (Å²) in [5, 5.41) is 3.32. The Morgan fingerprint density at radius 1 is 1.15 bits per heavy atom. The van der Waals surface area contributed by atoms with Crippen LogP contribution in [-0.2, 0) is 12.2 Å². The van der Waals surface area contributed by atoms with Crippen LogP contribution in [0.15, 0.2) is 4.47 Å². The van der Waals surface area contributed by atoms with Gasteiger partial charge in [-0.3, -0.25) is 0 Å². The van der Waals surface area contributed by atoms with Gasteiger partial charge < -0.3 is 5.32 Å². The number of hydrogen-bond donors (Lipinski definition) is 1. The minimum atomic E-state index is 0.590. The molecule has 0 aliphatic heterocycles. The van der Waals surface area contributed by atoms with Crippen molar-refractivity contribution in [2.75, 3.05) is 17.6 Å². The minimum absolute atomic E-state index is 0.590. The van der Waals surface area contributed by atoms with Crippen LogP contribution < -0.4 is 5.32 Å². The lowest BCUT2D eigenvalue weighted by atomic mass is 10.1. The zero-order valence-corrected chi connectivity index (χ0v) is 15.6. The summed E-state index contributed by atoms with van der Waals surface area (Å²) in [7, 11) is 0. The first-order chi connectivity index (χ1) is 9.43. The summed E-state index contributed by atoms with van der Waals surface area (Å²) in [6.45, 7) is 11.9. The molecule has 20 heavy (non-hydrogen) atoms. The Hall–Kier alpha value is -0.290. The first kappa shape index (κ1) is 17.8. The molecule has 5 heteroatoms. The van der Waals surface area contributed by atoms with Crippen molar-refractivity contribution in [2.45, 2.75) is 46.8 Å². The summed E-state index contributed by atoms with van der Waals surface area (Å²) >= 11 is 5.55. The molecule has 0 saturated heterocycles. The Morgan fingerprint density at radius 2 is 1.85 bits per heavy atom. The Labute approximate surface area is 135 Å². The summed E-state index contributed by atoms with van der Waals surface area (Å²) in [6.07, 6.45) is 0.976. The molecule has 1 N–H and O–H groups in total. The molecule has 0 amide bonds. The van der Waals surface area contributed by atoms with E-state index in [0.29, 0.717) is 11.8 Å². The van der Waals surface area contributed by atoms with Gasteiger partial charge >= 0.3 is 0 Å². The fourth-order valence-electron chi connectivity index (χ4n) is 1.80. The largest absolute Gasteiger partial charge is 0.369 e. The van der Waals surface area contributed by atoms with E-state index in [1.54, 1.807) is 0 Å². The first-order valence-corrected chi connectivity index (χ1v) is 9.25. The minimum Gasteiger partial charge on any atom is -0.369 e. The highest BCUT2D eigenvalue weighted by molar-refractivity contribution is 9.10. The molecule has 0 saturated carbocycles. The average molecular weight is 360 g/mol. The van der Waals surface area contributed by atoms with Crippen molar-refractivity contribution in [1.29, 1.82) is 0 Å².